The number of hydrogen-bond donors (Lipinski definition) is 1. The zero-order valence-electron chi connectivity index (χ0n) is 17.5. The van der Waals surface area contributed by atoms with Gasteiger partial charge >= 0.3 is 0 Å². The first-order chi connectivity index (χ1) is 14.9. The molecule has 0 atom stereocenters. The van der Waals surface area contributed by atoms with Crippen LogP contribution in [-0.2, 0) is 21.4 Å². The molecule has 2 aromatic carbocycles. The minimum absolute atomic E-state index is 0.0434. The first kappa shape index (κ1) is 21.5. The number of nitrogens with one attached hydrogen (secondary N) is 1. The van der Waals surface area contributed by atoms with Gasteiger partial charge in [0.05, 0.1) is 10.6 Å². The molecule has 1 aromatic heterocycles. The Balaban J connectivity index is 1.25. The second-order valence-corrected chi connectivity index (χ2v) is 9.51. The van der Waals surface area contributed by atoms with Gasteiger partial charge < -0.3 is 9.42 Å². The fraction of sp³-hybridized carbons (Fsp3) is 0.364. The molecule has 1 N–H and O–H groups in total. The number of amides is 1. The van der Waals surface area contributed by atoms with E-state index in [1.807, 2.05) is 37.3 Å². The molecule has 0 spiro atoms. The minimum atomic E-state index is -3.66. The molecule has 31 heavy (non-hydrogen) atoms. The highest BCUT2D eigenvalue weighted by Gasteiger charge is 2.22. The molecule has 1 amide bonds. The molecule has 1 fully saturated rings. The number of rotatable bonds is 7. The lowest BCUT2D eigenvalue weighted by Gasteiger charge is -2.34. The van der Waals surface area contributed by atoms with E-state index >= 15 is 0 Å². The number of sulfonamides is 1. The Morgan fingerprint density at radius 1 is 1.06 bits per heavy atom. The molecule has 9 heteroatoms. The van der Waals surface area contributed by atoms with Crippen LogP contribution < -0.4 is 4.72 Å². The zero-order chi connectivity index (χ0) is 21.8. The van der Waals surface area contributed by atoms with E-state index in [4.69, 9.17) is 4.52 Å². The van der Waals surface area contributed by atoms with Crippen LogP contribution in [0.25, 0.3) is 10.8 Å². The van der Waals surface area contributed by atoms with Crippen molar-refractivity contribution in [3.05, 3.63) is 60.0 Å². The van der Waals surface area contributed by atoms with Gasteiger partial charge in [-0.3, -0.25) is 9.69 Å². The number of piperazine rings is 1. The number of nitrogens with zero attached hydrogens (tertiary/aromatic N) is 3. The van der Waals surface area contributed by atoms with E-state index in [9.17, 15) is 13.2 Å². The standard InChI is InChI=1S/C22H26N4O4S/c1-17-14-20(24-30-17)16-25-10-12-26(13-11-25)22(27)8-9-23-31(28,29)21-7-6-18-4-2-3-5-19(18)15-21/h2-7,14-15,23H,8-13,16H2,1H3. The van der Waals surface area contributed by atoms with E-state index in [-0.39, 0.29) is 23.8 Å². The summed E-state index contributed by atoms with van der Waals surface area (Å²) in [5.41, 5.74) is 0.889. The Morgan fingerprint density at radius 2 is 1.81 bits per heavy atom. The number of aryl methyl sites for hydroxylation is 1. The van der Waals surface area contributed by atoms with Gasteiger partial charge in [-0.2, -0.15) is 0 Å². The van der Waals surface area contributed by atoms with Crippen molar-refractivity contribution in [2.75, 3.05) is 32.7 Å². The minimum Gasteiger partial charge on any atom is -0.361 e. The molecule has 4 rings (SSSR count). The van der Waals surface area contributed by atoms with Crippen molar-refractivity contribution in [2.24, 2.45) is 0 Å². The second-order valence-electron chi connectivity index (χ2n) is 7.74. The van der Waals surface area contributed by atoms with Gasteiger partial charge in [0.1, 0.15) is 5.76 Å². The summed E-state index contributed by atoms with van der Waals surface area (Å²) in [5.74, 6) is 0.744. The number of fused-ring (bicyclic) bond motifs is 1. The maximum absolute atomic E-state index is 12.6. The summed E-state index contributed by atoms with van der Waals surface area (Å²) in [6.45, 7) is 5.37. The molecular weight excluding hydrogens is 416 g/mol. The van der Waals surface area contributed by atoms with Crippen LogP contribution in [0.1, 0.15) is 17.9 Å². The molecular formula is C22H26N4O4S. The van der Waals surface area contributed by atoms with E-state index in [1.54, 1.807) is 23.1 Å². The largest absolute Gasteiger partial charge is 0.361 e. The van der Waals surface area contributed by atoms with Crippen LogP contribution in [0.4, 0.5) is 0 Å². The normalized spacial score (nSPS) is 15.5. The third-order valence-electron chi connectivity index (χ3n) is 5.45. The lowest BCUT2D eigenvalue weighted by molar-refractivity contribution is -0.132. The Hall–Kier alpha value is -2.75. The predicted molar refractivity (Wildman–Crippen MR) is 117 cm³/mol. The number of aromatic nitrogens is 1. The Kier molecular flexibility index (Phi) is 6.35. The first-order valence-electron chi connectivity index (χ1n) is 10.3. The van der Waals surface area contributed by atoms with Crippen LogP contribution in [0.3, 0.4) is 0 Å². The van der Waals surface area contributed by atoms with Gasteiger partial charge in [0, 0.05) is 51.8 Å². The maximum atomic E-state index is 12.6. The van der Waals surface area contributed by atoms with Gasteiger partial charge in [0.25, 0.3) is 0 Å². The van der Waals surface area contributed by atoms with E-state index < -0.39 is 10.0 Å². The summed E-state index contributed by atoms with van der Waals surface area (Å²) in [4.78, 5) is 16.7. The third kappa shape index (κ3) is 5.30. The number of carbonyl (C=O) groups excluding carboxylic acids is 1. The zero-order valence-corrected chi connectivity index (χ0v) is 18.3. The fourth-order valence-corrected chi connectivity index (χ4v) is 4.81. The summed E-state index contributed by atoms with van der Waals surface area (Å²) in [7, 11) is -3.66. The van der Waals surface area contributed by atoms with Gasteiger partial charge in [-0.1, -0.05) is 35.5 Å². The average molecular weight is 443 g/mol. The summed E-state index contributed by atoms with van der Waals surface area (Å²) in [6, 6.07) is 14.5. The van der Waals surface area contributed by atoms with Crippen molar-refractivity contribution >= 4 is 26.7 Å². The number of carbonyl (C=O) groups is 1. The summed E-state index contributed by atoms with van der Waals surface area (Å²) in [5, 5.41) is 5.85. The van der Waals surface area contributed by atoms with Crippen molar-refractivity contribution in [3.8, 4) is 0 Å². The van der Waals surface area contributed by atoms with Crippen molar-refractivity contribution in [3.63, 3.8) is 0 Å². The molecule has 0 radical (unpaired) electrons. The van der Waals surface area contributed by atoms with Crippen LogP contribution in [0, 0.1) is 6.92 Å². The van der Waals surface area contributed by atoms with Crippen molar-refractivity contribution in [1.82, 2.24) is 19.7 Å². The van der Waals surface area contributed by atoms with E-state index in [2.05, 4.69) is 14.8 Å². The quantitative estimate of drug-likeness (QED) is 0.602. The molecule has 1 aliphatic heterocycles. The highest BCUT2D eigenvalue weighted by Crippen LogP contribution is 2.19. The predicted octanol–water partition coefficient (Wildman–Crippen LogP) is 2.15. The Morgan fingerprint density at radius 3 is 2.52 bits per heavy atom. The first-order valence-corrected chi connectivity index (χ1v) is 11.8. The van der Waals surface area contributed by atoms with Crippen LogP contribution in [0.5, 0.6) is 0 Å². The van der Waals surface area contributed by atoms with Crippen LogP contribution in [-0.4, -0.2) is 62.0 Å². The second kappa shape index (κ2) is 9.17. The van der Waals surface area contributed by atoms with Crippen LogP contribution in [0.15, 0.2) is 57.9 Å². The lowest BCUT2D eigenvalue weighted by atomic mass is 10.1. The molecule has 8 nitrogen and oxygen atoms in total. The monoisotopic (exact) mass is 442 g/mol. The van der Waals surface area contributed by atoms with Crippen molar-refractivity contribution in [2.45, 2.75) is 24.8 Å². The summed E-state index contributed by atoms with van der Waals surface area (Å²) >= 11 is 0. The summed E-state index contributed by atoms with van der Waals surface area (Å²) in [6.07, 6.45) is 0.134. The SMILES string of the molecule is Cc1cc(CN2CCN(C(=O)CCNS(=O)(=O)c3ccc4ccccc4c3)CC2)no1. The highest BCUT2D eigenvalue weighted by atomic mass is 32.2. The van der Waals surface area contributed by atoms with Crippen LogP contribution >= 0.6 is 0 Å². The molecule has 1 aliphatic rings. The van der Waals surface area contributed by atoms with E-state index in [1.165, 1.54) is 0 Å². The van der Waals surface area contributed by atoms with Gasteiger partial charge in [-0.05, 0) is 29.8 Å². The molecule has 0 aliphatic carbocycles. The van der Waals surface area contributed by atoms with Crippen LogP contribution in [0.2, 0.25) is 0 Å². The van der Waals surface area contributed by atoms with Gasteiger partial charge in [0.15, 0.2) is 0 Å². The average Bonchev–Trinajstić information content (AvgIpc) is 3.18. The summed E-state index contributed by atoms with van der Waals surface area (Å²) < 4.78 is 32.8. The van der Waals surface area contributed by atoms with Gasteiger partial charge in [-0.15, -0.1) is 0 Å². The van der Waals surface area contributed by atoms with Crippen molar-refractivity contribution < 1.29 is 17.7 Å². The molecule has 2 heterocycles. The Bertz CT molecular complexity index is 1170. The van der Waals surface area contributed by atoms with Gasteiger partial charge in [-0.25, -0.2) is 13.1 Å². The van der Waals surface area contributed by atoms with E-state index in [0.717, 1.165) is 35.3 Å². The number of hydrogen-bond acceptors (Lipinski definition) is 6. The molecule has 0 saturated carbocycles. The van der Waals surface area contributed by atoms with Gasteiger partial charge in [0.2, 0.25) is 15.9 Å². The highest BCUT2D eigenvalue weighted by molar-refractivity contribution is 7.89. The smallest absolute Gasteiger partial charge is 0.240 e. The molecule has 1 saturated heterocycles. The molecule has 0 bridgehead atoms. The molecule has 0 unspecified atom stereocenters. The fourth-order valence-electron chi connectivity index (χ4n) is 3.75. The Labute approximate surface area is 181 Å². The maximum Gasteiger partial charge on any atom is 0.240 e. The topological polar surface area (TPSA) is 95.8 Å². The number of benzene rings is 2. The molecule has 164 valence electrons. The van der Waals surface area contributed by atoms with E-state index in [0.29, 0.717) is 19.6 Å². The van der Waals surface area contributed by atoms with Crippen molar-refractivity contribution in [1.29, 1.82) is 0 Å². The third-order valence-corrected chi connectivity index (χ3v) is 6.91. The molecule has 3 aromatic rings. The lowest BCUT2D eigenvalue weighted by Crippen LogP contribution is -2.48.